The topological polar surface area (TPSA) is 59.7 Å². The van der Waals surface area contributed by atoms with E-state index in [2.05, 4.69) is 9.97 Å². The van der Waals surface area contributed by atoms with Gasteiger partial charge in [-0.15, -0.1) is 0 Å². The van der Waals surface area contributed by atoms with Crippen molar-refractivity contribution < 1.29 is 9.53 Å². The Kier molecular flexibility index (Phi) is 3.27. The Balaban J connectivity index is 1.63. The van der Waals surface area contributed by atoms with Gasteiger partial charge in [-0.05, 0) is 26.7 Å². The second-order valence-corrected chi connectivity index (χ2v) is 7.36. The zero-order chi connectivity index (χ0) is 16.2. The van der Waals surface area contributed by atoms with Crippen molar-refractivity contribution in [3.63, 3.8) is 0 Å². The SMILES string of the molecule is CC1(C)CC2CCC(c3ncc4c(Cl)nccn34)CN2C(=O)O1. The molecule has 122 valence electrons. The standard InChI is InChI=1S/C16H19ClN4O2/c1-16(2)7-11-4-3-10(9-21(11)15(22)23-16)14-19-8-12-13(17)18-5-6-20(12)14/h5-6,8,10-11H,3-4,7,9H2,1-2H3. The zero-order valence-corrected chi connectivity index (χ0v) is 14.0. The second-order valence-electron chi connectivity index (χ2n) is 7.00. The molecule has 0 saturated carbocycles. The number of hydrogen-bond donors (Lipinski definition) is 0. The van der Waals surface area contributed by atoms with Gasteiger partial charge in [-0.3, -0.25) is 4.40 Å². The molecule has 2 aromatic heterocycles. The van der Waals surface area contributed by atoms with Crippen LogP contribution in [0, 0.1) is 0 Å². The molecule has 0 radical (unpaired) electrons. The molecule has 7 heteroatoms. The van der Waals surface area contributed by atoms with Crippen molar-refractivity contribution in [2.45, 2.75) is 50.7 Å². The normalized spacial score (nSPS) is 26.9. The fraction of sp³-hybridized carbons (Fsp3) is 0.562. The number of carbonyl (C=O) groups excluding carboxylic acids is 1. The summed E-state index contributed by atoms with van der Waals surface area (Å²) >= 11 is 6.12. The molecule has 0 spiro atoms. The fourth-order valence-electron chi connectivity index (χ4n) is 3.80. The molecule has 4 heterocycles. The number of imidazole rings is 1. The van der Waals surface area contributed by atoms with Crippen LogP contribution in [0.5, 0.6) is 0 Å². The van der Waals surface area contributed by atoms with E-state index in [1.54, 1.807) is 12.4 Å². The van der Waals surface area contributed by atoms with Crippen molar-refractivity contribution in [2.24, 2.45) is 0 Å². The molecule has 0 aliphatic carbocycles. The first kappa shape index (κ1) is 14.8. The maximum atomic E-state index is 12.3. The van der Waals surface area contributed by atoms with Crippen LogP contribution in [0.1, 0.15) is 44.9 Å². The van der Waals surface area contributed by atoms with Gasteiger partial charge in [0.25, 0.3) is 0 Å². The summed E-state index contributed by atoms with van der Waals surface area (Å²) in [4.78, 5) is 22.8. The van der Waals surface area contributed by atoms with Crippen molar-refractivity contribution in [2.75, 3.05) is 6.54 Å². The van der Waals surface area contributed by atoms with E-state index in [0.29, 0.717) is 11.7 Å². The third kappa shape index (κ3) is 2.45. The Labute approximate surface area is 139 Å². The number of ether oxygens (including phenoxy) is 1. The fourth-order valence-corrected chi connectivity index (χ4v) is 3.99. The molecule has 1 amide bonds. The molecule has 2 atom stereocenters. The summed E-state index contributed by atoms with van der Waals surface area (Å²) in [5.74, 6) is 1.11. The van der Waals surface area contributed by atoms with Gasteiger partial charge in [-0.1, -0.05) is 11.6 Å². The van der Waals surface area contributed by atoms with E-state index in [4.69, 9.17) is 16.3 Å². The Bertz CT molecular complexity index is 773. The Hall–Kier alpha value is -1.82. The van der Waals surface area contributed by atoms with Gasteiger partial charge in [-0.25, -0.2) is 14.8 Å². The van der Waals surface area contributed by atoms with Crippen molar-refractivity contribution in [3.8, 4) is 0 Å². The Morgan fingerprint density at radius 1 is 1.35 bits per heavy atom. The Morgan fingerprint density at radius 2 is 2.17 bits per heavy atom. The summed E-state index contributed by atoms with van der Waals surface area (Å²) in [6.07, 6.45) is 7.92. The number of cyclic esters (lactones) is 1. The molecular formula is C16H19ClN4O2. The number of amides is 1. The first-order valence-corrected chi connectivity index (χ1v) is 8.29. The summed E-state index contributed by atoms with van der Waals surface area (Å²) in [7, 11) is 0. The van der Waals surface area contributed by atoms with E-state index >= 15 is 0 Å². The molecule has 2 aliphatic rings. The number of hydrogen-bond acceptors (Lipinski definition) is 4. The van der Waals surface area contributed by atoms with Crippen LogP contribution in [-0.4, -0.2) is 43.5 Å². The largest absolute Gasteiger partial charge is 0.443 e. The van der Waals surface area contributed by atoms with Crippen molar-refractivity contribution in [3.05, 3.63) is 29.6 Å². The monoisotopic (exact) mass is 334 g/mol. The third-order valence-electron chi connectivity index (χ3n) is 4.84. The number of carbonyl (C=O) groups is 1. The van der Waals surface area contributed by atoms with E-state index in [1.807, 2.05) is 29.3 Å². The molecule has 2 aromatic rings. The highest BCUT2D eigenvalue weighted by molar-refractivity contribution is 6.32. The number of rotatable bonds is 1. The first-order valence-electron chi connectivity index (χ1n) is 7.92. The minimum absolute atomic E-state index is 0.181. The maximum absolute atomic E-state index is 12.3. The van der Waals surface area contributed by atoms with Gasteiger partial charge in [0.2, 0.25) is 0 Å². The summed E-state index contributed by atoms with van der Waals surface area (Å²) in [5.41, 5.74) is 0.429. The third-order valence-corrected chi connectivity index (χ3v) is 5.13. The van der Waals surface area contributed by atoms with Gasteiger partial charge >= 0.3 is 6.09 Å². The molecule has 0 N–H and O–H groups in total. The molecule has 23 heavy (non-hydrogen) atoms. The van der Waals surface area contributed by atoms with E-state index in [-0.39, 0.29) is 23.7 Å². The molecule has 2 aliphatic heterocycles. The molecule has 4 rings (SSSR count). The molecule has 2 unspecified atom stereocenters. The maximum Gasteiger partial charge on any atom is 0.410 e. The second kappa shape index (κ2) is 5.09. The minimum atomic E-state index is -0.371. The van der Waals surface area contributed by atoms with Crippen molar-refractivity contribution in [1.29, 1.82) is 0 Å². The van der Waals surface area contributed by atoms with Gasteiger partial charge in [0.15, 0.2) is 5.15 Å². The molecule has 0 bridgehead atoms. The number of nitrogens with zero attached hydrogens (tertiary/aromatic N) is 4. The van der Waals surface area contributed by atoms with Crippen LogP contribution in [0.15, 0.2) is 18.6 Å². The molecule has 0 aromatic carbocycles. The minimum Gasteiger partial charge on any atom is -0.443 e. The van der Waals surface area contributed by atoms with Crippen LogP contribution in [0.2, 0.25) is 5.15 Å². The van der Waals surface area contributed by atoms with Crippen LogP contribution >= 0.6 is 11.6 Å². The lowest BCUT2D eigenvalue weighted by Gasteiger charge is -2.46. The zero-order valence-electron chi connectivity index (χ0n) is 13.2. The van der Waals surface area contributed by atoms with Gasteiger partial charge in [0, 0.05) is 37.3 Å². The molecule has 2 fully saturated rings. The highest BCUT2D eigenvalue weighted by atomic mass is 35.5. The van der Waals surface area contributed by atoms with Crippen LogP contribution in [0.4, 0.5) is 4.79 Å². The molecular weight excluding hydrogens is 316 g/mol. The predicted octanol–water partition coefficient (Wildman–Crippen LogP) is 3.25. The van der Waals surface area contributed by atoms with Gasteiger partial charge < -0.3 is 9.64 Å². The van der Waals surface area contributed by atoms with E-state index in [0.717, 1.165) is 30.6 Å². The number of aromatic nitrogens is 3. The van der Waals surface area contributed by atoms with Gasteiger partial charge in [0.1, 0.15) is 16.9 Å². The van der Waals surface area contributed by atoms with Crippen LogP contribution < -0.4 is 0 Å². The lowest BCUT2D eigenvalue weighted by atomic mass is 9.85. The number of piperidine rings is 1. The quantitative estimate of drug-likeness (QED) is 0.803. The van der Waals surface area contributed by atoms with Gasteiger partial charge in [0.05, 0.1) is 6.20 Å². The highest BCUT2D eigenvalue weighted by Gasteiger charge is 2.43. The summed E-state index contributed by atoms with van der Waals surface area (Å²) in [6, 6.07) is 0.263. The van der Waals surface area contributed by atoms with Crippen molar-refractivity contribution >= 4 is 23.2 Å². The predicted molar refractivity (Wildman–Crippen MR) is 85.6 cm³/mol. The average Bonchev–Trinajstić information content (AvgIpc) is 2.91. The smallest absolute Gasteiger partial charge is 0.410 e. The van der Waals surface area contributed by atoms with E-state index in [1.165, 1.54) is 0 Å². The summed E-state index contributed by atoms with van der Waals surface area (Å²) in [5, 5.41) is 0.444. The summed E-state index contributed by atoms with van der Waals surface area (Å²) in [6.45, 7) is 4.59. The van der Waals surface area contributed by atoms with Crippen LogP contribution in [0.25, 0.3) is 5.52 Å². The average molecular weight is 335 g/mol. The number of halogens is 1. The molecule has 2 saturated heterocycles. The van der Waals surface area contributed by atoms with E-state index < -0.39 is 0 Å². The van der Waals surface area contributed by atoms with E-state index in [9.17, 15) is 4.79 Å². The molecule has 6 nitrogen and oxygen atoms in total. The lowest BCUT2D eigenvalue weighted by molar-refractivity contribution is -0.0603. The van der Waals surface area contributed by atoms with Crippen molar-refractivity contribution in [1.82, 2.24) is 19.3 Å². The number of fused-ring (bicyclic) bond motifs is 2. The highest BCUT2D eigenvalue weighted by Crippen LogP contribution is 2.37. The van der Waals surface area contributed by atoms with Gasteiger partial charge in [-0.2, -0.15) is 0 Å². The summed E-state index contributed by atoms with van der Waals surface area (Å²) < 4.78 is 7.52. The first-order chi connectivity index (χ1) is 10.9. The van der Waals surface area contributed by atoms with Crippen LogP contribution in [0.3, 0.4) is 0 Å². The lowest BCUT2D eigenvalue weighted by Crippen LogP contribution is -2.55. The van der Waals surface area contributed by atoms with Crippen LogP contribution in [-0.2, 0) is 4.74 Å². The Morgan fingerprint density at radius 3 is 3.00 bits per heavy atom.